The Morgan fingerprint density at radius 3 is 2.93 bits per heavy atom. The van der Waals surface area contributed by atoms with Gasteiger partial charge in [-0.1, -0.05) is 0 Å². The summed E-state index contributed by atoms with van der Waals surface area (Å²) in [7, 11) is 0. The molecule has 0 saturated carbocycles. The molecule has 1 N–H and O–H groups in total. The number of nitrogens with one attached hydrogen (secondary N) is 1. The SMILES string of the molecule is C#CCCNC(=O)c1ccc(F)c(Br)c1. The van der Waals surface area contributed by atoms with Gasteiger partial charge in [-0.2, -0.15) is 0 Å². The van der Waals surface area contributed by atoms with Crippen LogP contribution in [0.15, 0.2) is 22.7 Å². The third-order valence-electron chi connectivity index (χ3n) is 1.74. The summed E-state index contributed by atoms with van der Waals surface area (Å²) in [5, 5.41) is 2.62. The van der Waals surface area contributed by atoms with Crippen LogP contribution in [0.5, 0.6) is 0 Å². The van der Waals surface area contributed by atoms with Gasteiger partial charge in [0.1, 0.15) is 5.82 Å². The molecule has 0 aromatic heterocycles. The number of carbonyl (C=O) groups excluding carboxylic acids is 1. The summed E-state index contributed by atoms with van der Waals surface area (Å²) >= 11 is 3.01. The lowest BCUT2D eigenvalue weighted by Gasteiger charge is -2.03. The van der Waals surface area contributed by atoms with E-state index >= 15 is 0 Å². The van der Waals surface area contributed by atoms with Gasteiger partial charge >= 0.3 is 0 Å². The Morgan fingerprint density at radius 2 is 2.33 bits per heavy atom. The van der Waals surface area contributed by atoms with Crippen molar-refractivity contribution in [1.82, 2.24) is 5.32 Å². The van der Waals surface area contributed by atoms with Crippen LogP contribution in [0.25, 0.3) is 0 Å². The zero-order chi connectivity index (χ0) is 11.3. The van der Waals surface area contributed by atoms with Crippen molar-refractivity contribution in [3.05, 3.63) is 34.1 Å². The van der Waals surface area contributed by atoms with Crippen LogP contribution in [0.2, 0.25) is 0 Å². The van der Waals surface area contributed by atoms with E-state index in [2.05, 4.69) is 27.2 Å². The molecule has 0 bridgehead atoms. The van der Waals surface area contributed by atoms with E-state index in [4.69, 9.17) is 6.42 Å². The molecule has 0 aliphatic rings. The predicted molar refractivity (Wildman–Crippen MR) is 59.9 cm³/mol. The molecule has 0 unspecified atom stereocenters. The molecule has 0 spiro atoms. The van der Waals surface area contributed by atoms with E-state index in [0.717, 1.165) is 0 Å². The summed E-state index contributed by atoms with van der Waals surface area (Å²) < 4.78 is 13.1. The van der Waals surface area contributed by atoms with Crippen LogP contribution in [0.3, 0.4) is 0 Å². The smallest absolute Gasteiger partial charge is 0.251 e. The highest BCUT2D eigenvalue weighted by molar-refractivity contribution is 9.10. The predicted octanol–water partition coefficient (Wildman–Crippen LogP) is 2.34. The minimum absolute atomic E-state index is 0.258. The van der Waals surface area contributed by atoms with Crippen molar-refractivity contribution < 1.29 is 9.18 Å². The molecule has 1 aromatic rings. The van der Waals surface area contributed by atoms with Gasteiger partial charge in [-0.15, -0.1) is 12.3 Å². The van der Waals surface area contributed by atoms with Gasteiger partial charge in [0.25, 0.3) is 5.91 Å². The Morgan fingerprint density at radius 1 is 1.60 bits per heavy atom. The number of rotatable bonds is 3. The van der Waals surface area contributed by atoms with Crippen LogP contribution in [0.1, 0.15) is 16.8 Å². The average molecular weight is 270 g/mol. The second-order valence-electron chi connectivity index (χ2n) is 2.84. The van der Waals surface area contributed by atoms with Crippen molar-refractivity contribution >= 4 is 21.8 Å². The van der Waals surface area contributed by atoms with E-state index in [-0.39, 0.29) is 10.4 Å². The van der Waals surface area contributed by atoms with E-state index in [1.165, 1.54) is 18.2 Å². The van der Waals surface area contributed by atoms with Crippen molar-refractivity contribution in [2.45, 2.75) is 6.42 Å². The van der Waals surface area contributed by atoms with Crippen molar-refractivity contribution in [2.24, 2.45) is 0 Å². The molecule has 2 nitrogen and oxygen atoms in total. The second-order valence-corrected chi connectivity index (χ2v) is 3.69. The first-order valence-electron chi connectivity index (χ1n) is 4.32. The van der Waals surface area contributed by atoms with E-state index in [0.29, 0.717) is 18.5 Å². The molecule has 4 heteroatoms. The zero-order valence-corrected chi connectivity index (χ0v) is 9.47. The minimum Gasteiger partial charge on any atom is -0.351 e. The third kappa shape index (κ3) is 3.37. The van der Waals surface area contributed by atoms with E-state index in [9.17, 15) is 9.18 Å². The molecule has 0 heterocycles. The van der Waals surface area contributed by atoms with Crippen LogP contribution in [0.4, 0.5) is 4.39 Å². The van der Waals surface area contributed by atoms with Crippen LogP contribution in [0, 0.1) is 18.2 Å². The maximum absolute atomic E-state index is 12.9. The van der Waals surface area contributed by atoms with Crippen molar-refractivity contribution in [2.75, 3.05) is 6.54 Å². The molecule has 0 radical (unpaired) electrons. The molecule has 78 valence electrons. The molecule has 0 aliphatic carbocycles. The van der Waals surface area contributed by atoms with Crippen LogP contribution in [-0.4, -0.2) is 12.5 Å². The van der Waals surface area contributed by atoms with E-state index < -0.39 is 5.82 Å². The zero-order valence-electron chi connectivity index (χ0n) is 7.89. The minimum atomic E-state index is -0.393. The van der Waals surface area contributed by atoms with Gasteiger partial charge in [-0.25, -0.2) is 4.39 Å². The Balaban J connectivity index is 2.67. The summed E-state index contributed by atoms with van der Waals surface area (Å²) in [6.45, 7) is 0.421. The van der Waals surface area contributed by atoms with Crippen molar-refractivity contribution in [3.63, 3.8) is 0 Å². The fourth-order valence-corrected chi connectivity index (χ4v) is 1.37. The Hall–Kier alpha value is -1.34. The topological polar surface area (TPSA) is 29.1 Å². The highest BCUT2D eigenvalue weighted by Gasteiger charge is 2.07. The summed E-state index contributed by atoms with van der Waals surface area (Å²) in [6, 6.07) is 4.09. The van der Waals surface area contributed by atoms with Gasteiger partial charge in [0.15, 0.2) is 0 Å². The Bertz CT molecular complexity index is 412. The first-order chi connectivity index (χ1) is 7.15. The summed E-state index contributed by atoms with van der Waals surface area (Å²) in [4.78, 5) is 11.5. The quantitative estimate of drug-likeness (QED) is 0.663. The number of carbonyl (C=O) groups is 1. The third-order valence-corrected chi connectivity index (χ3v) is 2.34. The number of hydrogen-bond donors (Lipinski definition) is 1. The lowest BCUT2D eigenvalue weighted by molar-refractivity contribution is 0.0954. The van der Waals surface area contributed by atoms with E-state index in [1.54, 1.807) is 0 Å². The maximum Gasteiger partial charge on any atom is 0.251 e. The van der Waals surface area contributed by atoms with Gasteiger partial charge in [0.05, 0.1) is 4.47 Å². The fraction of sp³-hybridized carbons (Fsp3) is 0.182. The monoisotopic (exact) mass is 269 g/mol. The maximum atomic E-state index is 12.9. The molecule has 15 heavy (non-hydrogen) atoms. The first-order valence-corrected chi connectivity index (χ1v) is 5.11. The van der Waals surface area contributed by atoms with Crippen LogP contribution in [-0.2, 0) is 0 Å². The molecule has 1 rings (SSSR count). The van der Waals surface area contributed by atoms with Gasteiger partial charge in [-0.3, -0.25) is 4.79 Å². The molecular formula is C11H9BrFNO. The van der Waals surface area contributed by atoms with E-state index in [1.807, 2.05) is 0 Å². The average Bonchev–Trinajstić information content (AvgIpc) is 2.22. The fourth-order valence-electron chi connectivity index (χ4n) is 0.988. The largest absolute Gasteiger partial charge is 0.351 e. The van der Waals surface area contributed by atoms with Crippen LogP contribution >= 0.6 is 15.9 Å². The molecule has 1 aromatic carbocycles. The number of hydrogen-bond acceptors (Lipinski definition) is 1. The normalized spacial score (nSPS) is 9.40. The van der Waals surface area contributed by atoms with Crippen LogP contribution < -0.4 is 5.32 Å². The van der Waals surface area contributed by atoms with Gasteiger partial charge in [0, 0.05) is 18.5 Å². The van der Waals surface area contributed by atoms with Crippen molar-refractivity contribution in [1.29, 1.82) is 0 Å². The standard InChI is InChI=1S/C11H9BrFNO/c1-2-3-6-14-11(15)8-4-5-10(13)9(12)7-8/h1,4-5,7H,3,6H2,(H,14,15). The molecule has 0 atom stereocenters. The summed E-state index contributed by atoms with van der Waals surface area (Å²) in [5.41, 5.74) is 0.403. The molecule has 0 saturated heterocycles. The molecular weight excluding hydrogens is 261 g/mol. The Kier molecular flexibility index (Phi) is 4.32. The number of amides is 1. The number of halogens is 2. The Labute approximate surface area is 96.0 Å². The molecule has 0 fully saturated rings. The molecule has 0 aliphatic heterocycles. The highest BCUT2D eigenvalue weighted by Crippen LogP contribution is 2.16. The van der Waals surface area contributed by atoms with Crippen molar-refractivity contribution in [3.8, 4) is 12.3 Å². The summed E-state index contributed by atoms with van der Waals surface area (Å²) in [5.74, 6) is 1.76. The number of terminal acetylenes is 1. The lowest BCUT2D eigenvalue weighted by atomic mass is 10.2. The summed E-state index contributed by atoms with van der Waals surface area (Å²) in [6.07, 6.45) is 5.52. The lowest BCUT2D eigenvalue weighted by Crippen LogP contribution is -2.24. The van der Waals surface area contributed by atoms with Gasteiger partial charge in [-0.05, 0) is 34.1 Å². The highest BCUT2D eigenvalue weighted by atomic mass is 79.9. The first kappa shape index (κ1) is 11.7. The van der Waals surface area contributed by atoms with Gasteiger partial charge in [0.2, 0.25) is 0 Å². The second kappa shape index (κ2) is 5.52. The number of benzene rings is 1. The van der Waals surface area contributed by atoms with Gasteiger partial charge < -0.3 is 5.32 Å². The molecule has 1 amide bonds.